The Hall–Kier alpha value is -2.85. The van der Waals surface area contributed by atoms with Gasteiger partial charge in [-0.3, -0.25) is 0 Å². The monoisotopic (exact) mass is 588 g/mol. The van der Waals surface area contributed by atoms with E-state index in [4.69, 9.17) is 63.8 Å². The Kier molecular flexibility index (Phi) is 8.68. The Labute approximate surface area is 223 Å². The molecule has 15 heteroatoms. The maximum Gasteiger partial charge on any atom is 0.392 e. The molecule has 0 aromatic heterocycles. The SMILES string of the molecule is S=C=NP1(Oc2ccccc2)=NP(N=C=S)(Oc2ccccc2)=NP(N=C=S)(Oc2ccccc2)=N1. The zero-order valence-electron chi connectivity index (χ0n) is 18.1. The fourth-order valence-electron chi connectivity index (χ4n) is 2.83. The van der Waals surface area contributed by atoms with Crippen LogP contribution in [-0.2, 0) is 0 Å². The van der Waals surface area contributed by atoms with Gasteiger partial charge in [0.15, 0.2) is 0 Å². The lowest BCUT2D eigenvalue weighted by Gasteiger charge is -2.28. The zero-order valence-corrected chi connectivity index (χ0v) is 23.3. The van der Waals surface area contributed by atoms with Crippen molar-refractivity contribution in [2.24, 2.45) is 27.8 Å². The van der Waals surface area contributed by atoms with Gasteiger partial charge in [-0.15, -0.1) is 27.8 Å². The quantitative estimate of drug-likeness (QED) is 0.140. The second-order valence-corrected chi connectivity index (χ2v) is 13.5. The van der Waals surface area contributed by atoms with Crippen LogP contribution in [0.25, 0.3) is 0 Å². The van der Waals surface area contributed by atoms with Crippen molar-refractivity contribution < 1.29 is 13.6 Å². The van der Waals surface area contributed by atoms with Crippen LogP contribution in [0.1, 0.15) is 0 Å². The van der Waals surface area contributed by atoms with E-state index in [1.54, 1.807) is 72.8 Å². The molecule has 180 valence electrons. The summed E-state index contributed by atoms with van der Waals surface area (Å²) in [6, 6.07) is 26.6. The largest absolute Gasteiger partial charge is 0.425 e. The number of rotatable bonds is 9. The first-order valence-electron chi connectivity index (χ1n) is 9.98. The minimum Gasteiger partial charge on any atom is -0.425 e. The second kappa shape index (κ2) is 11.9. The standard InChI is InChI=1S/C21H15N6O3P3S3/c34-16-22-31(28-19-10-4-1-5-11-19)25-32(23-17-35,29-20-12-6-2-7-13-20)27-33(26-31,24-18-36)30-21-14-8-3-9-15-21/h1-15H. The maximum atomic E-state index is 6.24. The van der Waals surface area contributed by atoms with Crippen LogP contribution >= 0.6 is 59.4 Å². The molecular weight excluding hydrogens is 573 g/mol. The highest BCUT2D eigenvalue weighted by Crippen LogP contribution is 2.79. The molecule has 3 aromatic carbocycles. The molecule has 1 heterocycles. The van der Waals surface area contributed by atoms with Crippen molar-refractivity contribution in [2.75, 3.05) is 0 Å². The lowest BCUT2D eigenvalue weighted by Crippen LogP contribution is -2.00. The molecule has 0 aliphatic carbocycles. The molecule has 0 radical (unpaired) electrons. The number of isothiocyanates is 3. The minimum absolute atomic E-state index is 0.419. The van der Waals surface area contributed by atoms with E-state index < -0.39 is 22.7 Å². The Morgan fingerprint density at radius 3 is 0.944 bits per heavy atom. The number of benzene rings is 3. The number of nitrogens with zero attached hydrogens (tertiary/aromatic N) is 6. The summed E-state index contributed by atoms with van der Waals surface area (Å²) in [6.07, 6.45) is 0. The molecule has 1 aliphatic heterocycles. The van der Waals surface area contributed by atoms with E-state index in [1.165, 1.54) is 0 Å². The van der Waals surface area contributed by atoms with E-state index >= 15 is 0 Å². The molecule has 0 unspecified atom stereocenters. The number of hydrogen-bond acceptors (Lipinski definition) is 12. The van der Waals surface area contributed by atoms with Gasteiger partial charge in [0.05, 0.1) is 15.5 Å². The predicted octanol–water partition coefficient (Wildman–Crippen LogP) is 9.38. The summed E-state index contributed by atoms with van der Waals surface area (Å²) in [7, 11) is -10.9. The smallest absolute Gasteiger partial charge is 0.392 e. The Bertz CT molecular complexity index is 1360. The third-order valence-electron chi connectivity index (χ3n) is 4.13. The topological polar surface area (TPSA) is 102 Å². The van der Waals surface area contributed by atoms with Gasteiger partial charge in [0.1, 0.15) is 17.2 Å². The highest BCUT2D eigenvalue weighted by atomic mass is 32.1. The van der Waals surface area contributed by atoms with Crippen LogP contribution in [-0.4, -0.2) is 15.5 Å². The van der Waals surface area contributed by atoms with Crippen molar-refractivity contribution in [3.05, 3.63) is 91.0 Å². The normalized spacial score (nSPS) is 24.0. The van der Waals surface area contributed by atoms with Gasteiger partial charge in [-0.2, -0.15) is 0 Å². The van der Waals surface area contributed by atoms with E-state index in [0.29, 0.717) is 17.2 Å². The molecule has 0 saturated carbocycles. The van der Waals surface area contributed by atoms with Gasteiger partial charge in [0.25, 0.3) is 0 Å². The molecule has 4 rings (SSSR count). The second-order valence-electron chi connectivity index (χ2n) is 6.60. The van der Waals surface area contributed by atoms with Gasteiger partial charge in [-0.25, -0.2) is 0 Å². The molecular formula is C21H15N6O3P3S3. The molecule has 0 spiro atoms. The molecule has 0 bridgehead atoms. The van der Waals surface area contributed by atoms with Crippen molar-refractivity contribution in [3.63, 3.8) is 0 Å². The summed E-state index contributed by atoms with van der Waals surface area (Å²) in [5.41, 5.74) is 0. The highest BCUT2D eigenvalue weighted by Gasteiger charge is 2.43. The van der Waals surface area contributed by atoms with Crippen molar-refractivity contribution in [1.82, 2.24) is 0 Å². The van der Waals surface area contributed by atoms with E-state index in [0.717, 1.165) is 0 Å². The van der Waals surface area contributed by atoms with Gasteiger partial charge in [0, 0.05) is 0 Å². The lowest BCUT2D eigenvalue weighted by molar-refractivity contribution is 0.580. The Balaban J connectivity index is 2.07. The number of para-hydroxylation sites is 3. The lowest BCUT2D eigenvalue weighted by atomic mass is 10.3. The zero-order chi connectivity index (χ0) is 25.3. The molecule has 36 heavy (non-hydrogen) atoms. The molecule has 0 atom stereocenters. The van der Waals surface area contributed by atoms with Gasteiger partial charge >= 0.3 is 22.7 Å². The molecule has 0 fully saturated rings. The third kappa shape index (κ3) is 6.47. The Morgan fingerprint density at radius 1 is 0.472 bits per heavy atom. The van der Waals surface area contributed by atoms with E-state index in [9.17, 15) is 0 Å². The fraction of sp³-hybridized carbons (Fsp3) is 0. The molecule has 1 aliphatic rings. The predicted molar refractivity (Wildman–Crippen MR) is 154 cm³/mol. The van der Waals surface area contributed by atoms with Gasteiger partial charge in [-0.1, -0.05) is 54.6 Å². The summed E-state index contributed by atoms with van der Waals surface area (Å²) in [4.78, 5) is 0. The minimum atomic E-state index is -3.63. The van der Waals surface area contributed by atoms with E-state index in [-0.39, 0.29) is 0 Å². The van der Waals surface area contributed by atoms with Crippen LogP contribution in [0.15, 0.2) is 119 Å². The van der Waals surface area contributed by atoms with Gasteiger partial charge in [-0.05, 0) is 73.1 Å². The first-order chi connectivity index (χ1) is 17.5. The highest BCUT2D eigenvalue weighted by molar-refractivity contribution is 7.84. The summed E-state index contributed by atoms with van der Waals surface area (Å²) in [5, 5.41) is 7.01. The fourth-order valence-corrected chi connectivity index (χ4v) is 12.3. The molecule has 0 N–H and O–H groups in total. The molecule has 9 nitrogen and oxygen atoms in total. The average Bonchev–Trinajstić information content (AvgIpc) is 2.86. The summed E-state index contributed by atoms with van der Waals surface area (Å²) in [5.74, 6) is 1.26. The van der Waals surface area contributed by atoms with Gasteiger partial charge in [0.2, 0.25) is 0 Å². The number of thiocarbonyl (C=S) groups is 3. The first-order valence-corrected chi connectivity index (χ1v) is 15.9. The van der Waals surface area contributed by atoms with Crippen molar-refractivity contribution >= 4 is 74.9 Å². The van der Waals surface area contributed by atoms with Crippen molar-refractivity contribution in [1.29, 1.82) is 0 Å². The summed E-state index contributed by atoms with van der Waals surface area (Å²) in [6.45, 7) is 0. The third-order valence-corrected chi connectivity index (χ3v) is 12.8. The van der Waals surface area contributed by atoms with Crippen LogP contribution in [0.3, 0.4) is 0 Å². The van der Waals surface area contributed by atoms with E-state index in [2.05, 4.69) is 29.8 Å². The van der Waals surface area contributed by atoms with Crippen LogP contribution in [0.5, 0.6) is 17.2 Å². The summed E-state index contributed by atoms with van der Waals surface area (Å²) < 4.78 is 45.6. The Morgan fingerprint density at radius 2 is 0.722 bits per heavy atom. The summed E-state index contributed by atoms with van der Waals surface area (Å²) >= 11 is 14.8. The maximum absolute atomic E-state index is 6.24. The van der Waals surface area contributed by atoms with Crippen molar-refractivity contribution in [2.45, 2.75) is 0 Å². The molecule has 3 aromatic rings. The average molecular weight is 589 g/mol. The van der Waals surface area contributed by atoms with Crippen molar-refractivity contribution in [3.8, 4) is 17.2 Å². The van der Waals surface area contributed by atoms with Crippen LogP contribution in [0.2, 0.25) is 0 Å². The molecule has 0 saturated heterocycles. The number of hydrogen-bond donors (Lipinski definition) is 0. The van der Waals surface area contributed by atoms with Gasteiger partial charge < -0.3 is 13.6 Å². The van der Waals surface area contributed by atoms with Crippen LogP contribution in [0.4, 0.5) is 0 Å². The van der Waals surface area contributed by atoms with Crippen LogP contribution in [0, 0.1) is 0 Å². The first kappa shape index (κ1) is 26.2. The molecule has 0 amide bonds. The van der Waals surface area contributed by atoms with Crippen LogP contribution < -0.4 is 13.6 Å². The van der Waals surface area contributed by atoms with E-state index in [1.807, 2.05) is 18.2 Å².